The van der Waals surface area contributed by atoms with E-state index in [9.17, 15) is 9.59 Å². The third kappa shape index (κ3) is 3.87. The van der Waals surface area contributed by atoms with Crippen LogP contribution in [0, 0.1) is 13.8 Å². The van der Waals surface area contributed by atoms with Crippen LogP contribution in [0.5, 0.6) is 0 Å². The highest BCUT2D eigenvalue weighted by Crippen LogP contribution is 2.36. The van der Waals surface area contributed by atoms with Gasteiger partial charge in [-0.25, -0.2) is 4.57 Å². The fraction of sp³-hybridized carbons (Fsp3) is 0.214. The summed E-state index contributed by atoms with van der Waals surface area (Å²) >= 11 is 1.35. The summed E-state index contributed by atoms with van der Waals surface area (Å²) in [4.78, 5) is 27.0. The zero-order chi connectivity index (χ0) is 24.8. The Morgan fingerprint density at radius 1 is 0.972 bits per heavy atom. The average Bonchev–Trinajstić information content (AvgIpc) is 3.62. The molecule has 0 radical (unpaired) electrons. The van der Waals surface area contributed by atoms with Crippen molar-refractivity contribution in [3.63, 3.8) is 0 Å². The Bertz CT molecular complexity index is 1670. The lowest BCUT2D eigenvalue weighted by Gasteiger charge is -2.17. The summed E-state index contributed by atoms with van der Waals surface area (Å²) in [5.74, 6) is 0.377. The second-order valence-corrected chi connectivity index (χ2v) is 10.3. The minimum Gasteiger partial charge on any atom is -0.352 e. The van der Waals surface area contributed by atoms with E-state index >= 15 is 0 Å². The molecule has 0 saturated heterocycles. The van der Waals surface area contributed by atoms with Crippen molar-refractivity contribution in [2.24, 2.45) is 0 Å². The van der Waals surface area contributed by atoms with Crippen molar-refractivity contribution >= 4 is 34.3 Å². The number of fused-ring (bicyclic) bond motifs is 3. The lowest BCUT2D eigenvalue weighted by molar-refractivity contribution is -0.120. The Kier molecular flexibility index (Phi) is 5.60. The van der Waals surface area contributed by atoms with Gasteiger partial charge in [0.2, 0.25) is 11.7 Å². The first-order valence-corrected chi connectivity index (χ1v) is 12.9. The Morgan fingerprint density at radius 3 is 2.50 bits per heavy atom. The van der Waals surface area contributed by atoms with Crippen molar-refractivity contribution in [1.82, 2.24) is 24.5 Å². The van der Waals surface area contributed by atoms with E-state index in [1.54, 1.807) is 4.57 Å². The molecule has 1 amide bonds. The van der Waals surface area contributed by atoms with Crippen molar-refractivity contribution < 1.29 is 4.79 Å². The zero-order valence-corrected chi connectivity index (χ0v) is 20.8. The second-order valence-electron chi connectivity index (χ2n) is 9.19. The number of para-hydroxylation sites is 1. The van der Waals surface area contributed by atoms with Crippen molar-refractivity contribution in [2.75, 3.05) is 0 Å². The number of aryl methyl sites for hydroxylation is 1. The van der Waals surface area contributed by atoms with Gasteiger partial charge in [0.1, 0.15) is 5.25 Å². The number of carbonyl (C=O) groups excluding carboxylic acids is 1. The number of benzene rings is 3. The SMILES string of the molecule is Cc1cccc(-n2c(=O)c3ccccc3n3c(SC(C(=O)NC4CC4)c4ccccc4)nnc23)c1C. The molecule has 7 nitrogen and oxygen atoms in total. The zero-order valence-electron chi connectivity index (χ0n) is 20.0. The second kappa shape index (κ2) is 8.95. The van der Waals surface area contributed by atoms with E-state index in [1.165, 1.54) is 11.8 Å². The summed E-state index contributed by atoms with van der Waals surface area (Å²) in [7, 11) is 0. The van der Waals surface area contributed by atoms with Gasteiger partial charge in [0, 0.05) is 6.04 Å². The van der Waals surface area contributed by atoms with Gasteiger partial charge in [0.15, 0.2) is 5.16 Å². The molecule has 6 rings (SSSR count). The number of thioether (sulfide) groups is 1. The van der Waals surface area contributed by atoms with E-state index in [2.05, 4.69) is 15.5 Å². The molecule has 8 heteroatoms. The predicted octanol–water partition coefficient (Wildman–Crippen LogP) is 4.76. The largest absolute Gasteiger partial charge is 0.352 e. The van der Waals surface area contributed by atoms with Gasteiger partial charge >= 0.3 is 0 Å². The molecule has 1 unspecified atom stereocenters. The Morgan fingerprint density at radius 2 is 1.72 bits per heavy atom. The molecule has 1 fully saturated rings. The van der Waals surface area contributed by atoms with Crippen LogP contribution in [0.2, 0.25) is 0 Å². The van der Waals surface area contributed by atoms with E-state index in [-0.39, 0.29) is 17.5 Å². The van der Waals surface area contributed by atoms with Crippen LogP contribution in [0.4, 0.5) is 0 Å². The Labute approximate surface area is 212 Å². The number of nitrogens with one attached hydrogen (secondary N) is 1. The Balaban J connectivity index is 1.57. The van der Waals surface area contributed by atoms with Gasteiger partial charge in [-0.05, 0) is 61.6 Å². The lowest BCUT2D eigenvalue weighted by Crippen LogP contribution is -2.30. The molecule has 1 N–H and O–H groups in total. The molecule has 0 bridgehead atoms. The highest BCUT2D eigenvalue weighted by atomic mass is 32.2. The molecule has 1 aliphatic carbocycles. The number of hydrogen-bond donors (Lipinski definition) is 1. The maximum atomic E-state index is 13.7. The summed E-state index contributed by atoms with van der Waals surface area (Å²) in [6.45, 7) is 4.03. The molecule has 5 aromatic rings. The lowest BCUT2D eigenvalue weighted by atomic mass is 10.1. The van der Waals surface area contributed by atoms with Crippen LogP contribution in [0.3, 0.4) is 0 Å². The fourth-order valence-electron chi connectivity index (χ4n) is 4.46. The minimum atomic E-state index is -0.501. The van der Waals surface area contributed by atoms with Crippen LogP contribution in [0.1, 0.15) is 34.8 Å². The fourth-order valence-corrected chi connectivity index (χ4v) is 5.51. The maximum Gasteiger partial charge on any atom is 0.267 e. The third-order valence-electron chi connectivity index (χ3n) is 6.70. The van der Waals surface area contributed by atoms with E-state index in [0.29, 0.717) is 21.8 Å². The molecule has 0 aliphatic heterocycles. The molecular weight excluding hydrogens is 470 g/mol. The first-order valence-electron chi connectivity index (χ1n) is 12.0. The van der Waals surface area contributed by atoms with Crippen LogP contribution in [0.15, 0.2) is 82.7 Å². The van der Waals surface area contributed by atoms with E-state index in [1.807, 2.05) is 91.0 Å². The summed E-state index contributed by atoms with van der Waals surface area (Å²) < 4.78 is 3.52. The van der Waals surface area contributed by atoms with Gasteiger partial charge in [-0.15, -0.1) is 10.2 Å². The smallest absolute Gasteiger partial charge is 0.267 e. The summed E-state index contributed by atoms with van der Waals surface area (Å²) in [6.07, 6.45) is 2.02. The number of aromatic nitrogens is 4. The molecule has 1 aliphatic rings. The van der Waals surface area contributed by atoms with E-state index in [4.69, 9.17) is 0 Å². The van der Waals surface area contributed by atoms with Gasteiger partial charge in [-0.1, -0.05) is 66.4 Å². The van der Waals surface area contributed by atoms with Crippen molar-refractivity contribution in [3.8, 4) is 5.69 Å². The molecule has 2 aromatic heterocycles. The van der Waals surface area contributed by atoms with Crippen LogP contribution in [0.25, 0.3) is 22.4 Å². The topological polar surface area (TPSA) is 81.3 Å². The van der Waals surface area contributed by atoms with Crippen molar-refractivity contribution in [2.45, 2.75) is 43.1 Å². The molecule has 3 aromatic carbocycles. The van der Waals surface area contributed by atoms with Gasteiger partial charge in [0.25, 0.3) is 5.56 Å². The Hall–Kier alpha value is -3.91. The number of carbonyl (C=O) groups is 1. The van der Waals surface area contributed by atoms with Crippen LogP contribution in [-0.4, -0.2) is 31.1 Å². The molecular formula is C28H25N5O2S. The van der Waals surface area contributed by atoms with Crippen LogP contribution < -0.4 is 10.9 Å². The maximum absolute atomic E-state index is 13.7. The first-order chi connectivity index (χ1) is 17.5. The van der Waals surface area contributed by atoms with E-state index < -0.39 is 5.25 Å². The highest BCUT2D eigenvalue weighted by molar-refractivity contribution is 8.00. The summed E-state index contributed by atoms with van der Waals surface area (Å²) in [5, 5.41) is 12.7. The standard InChI is InChI=1S/C28H25N5O2S/c1-17-9-8-14-22(18(17)2)32-26(35)21-12-6-7-13-23(21)33-27(32)30-31-28(33)36-24(19-10-4-3-5-11-19)25(34)29-20-15-16-20/h3-14,20,24H,15-16H2,1-2H3,(H,29,34). The normalized spacial score (nSPS) is 14.3. The summed E-state index contributed by atoms with van der Waals surface area (Å²) in [5.41, 5.74) is 4.30. The number of hydrogen-bond acceptors (Lipinski definition) is 5. The van der Waals surface area contributed by atoms with Crippen molar-refractivity contribution in [3.05, 3.63) is 99.8 Å². The van der Waals surface area contributed by atoms with Gasteiger partial charge in [-0.3, -0.25) is 14.0 Å². The molecule has 0 spiro atoms. The monoisotopic (exact) mass is 495 g/mol. The predicted molar refractivity (Wildman–Crippen MR) is 142 cm³/mol. The molecule has 180 valence electrons. The summed E-state index contributed by atoms with van der Waals surface area (Å²) in [6, 6.07) is 23.3. The average molecular weight is 496 g/mol. The number of amides is 1. The highest BCUT2D eigenvalue weighted by Gasteiger charge is 2.31. The van der Waals surface area contributed by atoms with Crippen molar-refractivity contribution in [1.29, 1.82) is 0 Å². The molecule has 1 atom stereocenters. The molecule has 2 heterocycles. The van der Waals surface area contributed by atoms with E-state index in [0.717, 1.165) is 35.2 Å². The first kappa shape index (κ1) is 22.5. The van der Waals surface area contributed by atoms with Gasteiger partial charge in [0.05, 0.1) is 16.6 Å². The molecule has 36 heavy (non-hydrogen) atoms. The third-order valence-corrected chi connectivity index (χ3v) is 7.90. The van der Waals surface area contributed by atoms with Crippen LogP contribution in [-0.2, 0) is 4.79 Å². The van der Waals surface area contributed by atoms with Gasteiger partial charge in [-0.2, -0.15) is 0 Å². The minimum absolute atomic E-state index is 0.0439. The quantitative estimate of drug-likeness (QED) is 0.344. The number of rotatable bonds is 6. The number of nitrogens with zero attached hydrogens (tertiary/aromatic N) is 4. The molecule has 1 saturated carbocycles. The van der Waals surface area contributed by atoms with Crippen LogP contribution >= 0.6 is 11.8 Å². The van der Waals surface area contributed by atoms with Gasteiger partial charge < -0.3 is 5.32 Å².